The first-order valence-corrected chi connectivity index (χ1v) is 10.1. The normalized spacial score (nSPS) is 15.1. The van der Waals surface area contributed by atoms with E-state index in [0.717, 1.165) is 18.2 Å². The van der Waals surface area contributed by atoms with Gasteiger partial charge >= 0.3 is 0 Å². The summed E-state index contributed by atoms with van der Waals surface area (Å²) in [4.78, 5) is 10.7. The molecule has 2 aromatic rings. The number of aromatic nitrogens is 2. The largest absolute Gasteiger partial charge is 0.378 e. The first-order valence-electron chi connectivity index (χ1n) is 8.41. The van der Waals surface area contributed by atoms with Gasteiger partial charge in [-0.2, -0.15) is 0 Å². The molecule has 0 spiro atoms. The van der Waals surface area contributed by atoms with Gasteiger partial charge in [-0.25, -0.2) is 31.9 Å². The Kier molecular flexibility index (Phi) is 5.98. The highest BCUT2D eigenvalue weighted by Gasteiger charge is 2.18. The van der Waals surface area contributed by atoms with Gasteiger partial charge in [0.2, 0.25) is 16.0 Å². The van der Waals surface area contributed by atoms with Gasteiger partial charge in [-0.15, -0.1) is 0 Å². The van der Waals surface area contributed by atoms with Crippen LogP contribution in [0.5, 0.6) is 0 Å². The number of anilines is 1. The molecule has 0 radical (unpaired) electrons. The molecule has 146 valence electrons. The molecule has 1 aromatic heterocycles. The number of morpholine rings is 1. The first kappa shape index (κ1) is 19.6. The van der Waals surface area contributed by atoms with Gasteiger partial charge in [-0.3, -0.25) is 0 Å². The van der Waals surface area contributed by atoms with E-state index in [1.165, 1.54) is 0 Å². The summed E-state index contributed by atoms with van der Waals surface area (Å²) < 4.78 is 59.1. The maximum absolute atomic E-state index is 13.7. The second kappa shape index (κ2) is 8.24. The van der Waals surface area contributed by atoms with E-state index in [-0.39, 0.29) is 12.1 Å². The fourth-order valence-electron chi connectivity index (χ4n) is 2.71. The summed E-state index contributed by atoms with van der Waals surface area (Å²) >= 11 is 0. The number of nitrogens with one attached hydrogen (secondary N) is 1. The highest BCUT2D eigenvalue weighted by atomic mass is 32.2. The highest BCUT2D eigenvalue weighted by molar-refractivity contribution is 7.88. The molecule has 1 N–H and O–H groups in total. The van der Waals surface area contributed by atoms with E-state index in [0.29, 0.717) is 43.6 Å². The molecule has 3 rings (SSSR count). The van der Waals surface area contributed by atoms with E-state index in [4.69, 9.17) is 4.74 Å². The van der Waals surface area contributed by atoms with Crippen LogP contribution in [-0.4, -0.2) is 44.7 Å². The molecule has 7 nitrogen and oxygen atoms in total. The fourth-order valence-corrected chi connectivity index (χ4v) is 3.81. The topological polar surface area (TPSA) is 84.4 Å². The molecule has 1 aliphatic rings. The zero-order valence-electron chi connectivity index (χ0n) is 14.8. The Balaban J connectivity index is 1.69. The van der Waals surface area contributed by atoms with Crippen LogP contribution in [0.1, 0.15) is 17.0 Å². The van der Waals surface area contributed by atoms with Gasteiger partial charge in [0.15, 0.2) is 0 Å². The van der Waals surface area contributed by atoms with E-state index in [2.05, 4.69) is 14.7 Å². The molecule has 0 bridgehead atoms. The molecule has 1 fully saturated rings. The van der Waals surface area contributed by atoms with Crippen LogP contribution in [-0.2, 0) is 27.1 Å². The fraction of sp³-hybridized carbons (Fsp3) is 0.412. The maximum Gasteiger partial charge on any atom is 0.225 e. The summed E-state index contributed by atoms with van der Waals surface area (Å²) in [6.07, 6.45) is 0. The third-order valence-electron chi connectivity index (χ3n) is 4.02. The van der Waals surface area contributed by atoms with Gasteiger partial charge in [-0.1, -0.05) is 0 Å². The second-order valence-electron chi connectivity index (χ2n) is 6.22. The van der Waals surface area contributed by atoms with Gasteiger partial charge in [0, 0.05) is 24.3 Å². The number of benzene rings is 1. The lowest BCUT2D eigenvalue weighted by Crippen LogP contribution is -2.37. The van der Waals surface area contributed by atoms with Crippen LogP contribution < -0.4 is 9.62 Å². The molecular formula is C17H20F2N4O3S. The summed E-state index contributed by atoms with van der Waals surface area (Å²) in [5.41, 5.74) is 0.972. The van der Waals surface area contributed by atoms with Crippen molar-refractivity contribution in [1.82, 2.24) is 14.7 Å². The summed E-state index contributed by atoms with van der Waals surface area (Å²) in [5.74, 6) is -1.60. The number of rotatable bonds is 6. The number of ether oxygens (including phenoxy) is 1. The maximum atomic E-state index is 13.7. The standard InChI is InChI=1S/C17H20F2N4O3S/c1-12-8-15(22-17(21-12)23-4-6-26-7-5-23)10-20-27(24,25)11-13-9-14(18)2-3-16(13)19/h2-3,8-9,20H,4-7,10-11H2,1H3. The molecule has 27 heavy (non-hydrogen) atoms. The Morgan fingerprint density at radius 2 is 1.93 bits per heavy atom. The van der Waals surface area contributed by atoms with Gasteiger partial charge < -0.3 is 9.64 Å². The molecule has 1 saturated heterocycles. The average Bonchev–Trinajstić information content (AvgIpc) is 2.63. The van der Waals surface area contributed by atoms with Crippen molar-refractivity contribution in [3.8, 4) is 0 Å². The molecular weight excluding hydrogens is 378 g/mol. The lowest BCUT2D eigenvalue weighted by molar-refractivity contribution is 0.122. The van der Waals surface area contributed by atoms with Crippen LogP contribution in [0.25, 0.3) is 0 Å². The van der Waals surface area contributed by atoms with E-state index >= 15 is 0 Å². The molecule has 0 atom stereocenters. The predicted octanol–water partition coefficient (Wildman–Crippen LogP) is 1.52. The van der Waals surface area contributed by atoms with Crippen molar-refractivity contribution < 1.29 is 21.9 Å². The number of halogens is 2. The monoisotopic (exact) mass is 398 g/mol. The van der Waals surface area contributed by atoms with Crippen LogP contribution >= 0.6 is 0 Å². The second-order valence-corrected chi connectivity index (χ2v) is 8.02. The number of aryl methyl sites for hydroxylation is 1. The number of nitrogens with zero attached hydrogens (tertiary/aromatic N) is 3. The highest BCUT2D eigenvalue weighted by Crippen LogP contribution is 2.14. The van der Waals surface area contributed by atoms with Crippen molar-refractivity contribution in [2.45, 2.75) is 19.2 Å². The minimum absolute atomic E-state index is 0.0695. The Hall–Kier alpha value is -2.17. The van der Waals surface area contributed by atoms with Crippen molar-refractivity contribution in [1.29, 1.82) is 0 Å². The number of sulfonamides is 1. The SMILES string of the molecule is Cc1cc(CNS(=O)(=O)Cc2cc(F)ccc2F)nc(N2CCOCC2)n1. The van der Waals surface area contributed by atoms with E-state index < -0.39 is 27.4 Å². The van der Waals surface area contributed by atoms with Crippen LogP contribution in [0.4, 0.5) is 14.7 Å². The van der Waals surface area contributed by atoms with Gasteiger partial charge in [0.05, 0.1) is 31.2 Å². The van der Waals surface area contributed by atoms with Crippen molar-refractivity contribution in [3.05, 3.63) is 52.9 Å². The van der Waals surface area contributed by atoms with Crippen LogP contribution in [0.3, 0.4) is 0 Å². The van der Waals surface area contributed by atoms with E-state index in [1.54, 1.807) is 13.0 Å². The van der Waals surface area contributed by atoms with Crippen molar-refractivity contribution in [3.63, 3.8) is 0 Å². The summed E-state index contributed by atoms with van der Waals surface area (Å²) in [6.45, 7) is 4.21. The van der Waals surface area contributed by atoms with Crippen molar-refractivity contribution in [2.24, 2.45) is 0 Å². The zero-order valence-corrected chi connectivity index (χ0v) is 15.6. The molecule has 0 unspecified atom stereocenters. The molecule has 10 heteroatoms. The quantitative estimate of drug-likeness (QED) is 0.794. The third-order valence-corrected chi connectivity index (χ3v) is 5.29. The lowest BCUT2D eigenvalue weighted by atomic mass is 10.2. The van der Waals surface area contributed by atoms with Gasteiger partial charge in [-0.05, 0) is 31.2 Å². The smallest absolute Gasteiger partial charge is 0.225 e. The van der Waals surface area contributed by atoms with Gasteiger partial charge in [0.1, 0.15) is 11.6 Å². The molecule has 2 heterocycles. The summed E-state index contributed by atoms with van der Waals surface area (Å²) in [5, 5.41) is 0. The Morgan fingerprint density at radius 3 is 2.67 bits per heavy atom. The van der Waals surface area contributed by atoms with Crippen LogP contribution in [0, 0.1) is 18.6 Å². The molecule has 0 amide bonds. The Bertz CT molecular complexity index is 918. The third kappa shape index (κ3) is 5.41. The summed E-state index contributed by atoms with van der Waals surface area (Å²) in [7, 11) is -3.87. The average molecular weight is 398 g/mol. The Morgan fingerprint density at radius 1 is 1.19 bits per heavy atom. The molecule has 0 aliphatic carbocycles. The minimum Gasteiger partial charge on any atom is -0.378 e. The summed E-state index contributed by atoms with van der Waals surface area (Å²) in [6, 6.07) is 4.40. The molecule has 1 aliphatic heterocycles. The Labute approximate surface area is 156 Å². The first-order chi connectivity index (χ1) is 12.8. The lowest BCUT2D eigenvalue weighted by Gasteiger charge is -2.27. The van der Waals surface area contributed by atoms with E-state index in [1.807, 2.05) is 4.90 Å². The number of hydrogen-bond donors (Lipinski definition) is 1. The predicted molar refractivity (Wildman–Crippen MR) is 95.6 cm³/mol. The molecule has 1 aromatic carbocycles. The van der Waals surface area contributed by atoms with Gasteiger partial charge in [0.25, 0.3) is 0 Å². The van der Waals surface area contributed by atoms with E-state index in [9.17, 15) is 17.2 Å². The minimum atomic E-state index is -3.87. The van der Waals surface area contributed by atoms with Crippen LogP contribution in [0.15, 0.2) is 24.3 Å². The van der Waals surface area contributed by atoms with Crippen molar-refractivity contribution in [2.75, 3.05) is 31.2 Å². The van der Waals surface area contributed by atoms with Crippen molar-refractivity contribution >= 4 is 16.0 Å². The zero-order chi connectivity index (χ0) is 19.4. The van der Waals surface area contributed by atoms with Crippen LogP contribution in [0.2, 0.25) is 0 Å². The number of hydrogen-bond acceptors (Lipinski definition) is 6. The molecule has 0 saturated carbocycles.